The third kappa shape index (κ3) is 28.7. The van der Waals surface area contributed by atoms with Gasteiger partial charge in [-0.15, -0.1) is 0 Å². The number of carboxylic acid groups (broad SMARTS) is 1. The molecule has 11 heavy (non-hydrogen) atoms. The molecule has 8 N–H and O–H groups in total. The number of nitrogens with one attached hydrogen (secondary N) is 2. The summed E-state index contributed by atoms with van der Waals surface area (Å²) >= 11 is 0. The van der Waals surface area contributed by atoms with E-state index in [1.807, 2.05) is 5.43 Å². The Morgan fingerprint density at radius 1 is 1.64 bits per heavy atom. The summed E-state index contributed by atoms with van der Waals surface area (Å²) in [4.78, 5) is 9.44. The van der Waals surface area contributed by atoms with Crippen molar-refractivity contribution in [1.82, 2.24) is 5.43 Å². The molecule has 0 saturated heterocycles. The summed E-state index contributed by atoms with van der Waals surface area (Å²) in [5.41, 5.74) is 6.53. The zero-order valence-corrected chi connectivity index (χ0v) is 5.87. The molecule has 0 aromatic heterocycles. The van der Waals surface area contributed by atoms with Gasteiger partial charge in [-0.3, -0.25) is 15.6 Å². The van der Waals surface area contributed by atoms with Crippen LogP contribution in [0.2, 0.25) is 0 Å². The van der Waals surface area contributed by atoms with E-state index in [0.717, 1.165) is 0 Å². The summed E-state index contributed by atoms with van der Waals surface area (Å²) in [5, 5.41) is 21.9. The molecule has 66 valence electrons. The van der Waals surface area contributed by atoms with Crippen LogP contribution in [0.4, 0.5) is 0 Å². The van der Waals surface area contributed by atoms with Gasteiger partial charge in [-0.2, -0.15) is 0 Å². The third-order valence-corrected chi connectivity index (χ3v) is 0.481. The maximum Gasteiger partial charge on any atom is 0.305 e. The second-order valence-corrected chi connectivity index (χ2v) is 1.43. The Morgan fingerprint density at radius 3 is 2.00 bits per heavy atom. The monoisotopic (exact) mass is 164 g/mol. The quantitative estimate of drug-likeness (QED) is 0.118. The number of guanidine groups is 1. The molecular formula is C4H12N4O3. The maximum absolute atomic E-state index is 9.44. The number of carbonyl (C=O) groups is 1. The molecule has 0 aromatic rings. The lowest BCUT2D eigenvalue weighted by atomic mass is 10.5. The first kappa shape index (κ1) is 12.3. The van der Waals surface area contributed by atoms with Gasteiger partial charge in [-0.05, 0) is 0 Å². The lowest BCUT2D eigenvalue weighted by molar-refractivity contribution is -0.137. The Morgan fingerprint density at radius 2 is 2.00 bits per heavy atom. The summed E-state index contributed by atoms with van der Waals surface area (Å²) < 4.78 is 0. The van der Waals surface area contributed by atoms with Crippen LogP contribution < -0.4 is 17.0 Å². The van der Waals surface area contributed by atoms with Gasteiger partial charge in [0.25, 0.3) is 0 Å². The summed E-state index contributed by atoms with van der Waals surface area (Å²) in [6.45, 7) is -0.269. The first-order valence-corrected chi connectivity index (χ1v) is 2.67. The van der Waals surface area contributed by atoms with Crippen molar-refractivity contribution in [3.63, 3.8) is 0 Å². The van der Waals surface area contributed by atoms with Gasteiger partial charge in [0.1, 0.15) is 0 Å². The van der Waals surface area contributed by atoms with Crippen LogP contribution in [0.25, 0.3) is 0 Å². The van der Waals surface area contributed by atoms with Crippen molar-refractivity contribution in [3.8, 4) is 0 Å². The predicted octanol–water partition coefficient (Wildman–Crippen LogP) is -2.20. The standard InChI is InChI=1S/C3H6O3.CH6N4/c4-2-1-3(5)6;2-1(3)5-4/h4H,1-2H2,(H,5,6);4H2,(H4,2,3,5). The number of hydrazine groups is 1. The van der Waals surface area contributed by atoms with E-state index >= 15 is 0 Å². The number of carboxylic acids is 1. The highest BCUT2D eigenvalue weighted by atomic mass is 16.4. The molecule has 0 amide bonds. The molecule has 0 unspecified atom stereocenters. The molecule has 0 aliphatic rings. The second-order valence-electron chi connectivity index (χ2n) is 1.43. The van der Waals surface area contributed by atoms with Crippen molar-refractivity contribution in [2.24, 2.45) is 11.6 Å². The maximum atomic E-state index is 9.44. The first-order chi connectivity index (χ1) is 5.04. The predicted molar refractivity (Wildman–Crippen MR) is 38.6 cm³/mol. The van der Waals surface area contributed by atoms with Gasteiger partial charge in [0.05, 0.1) is 13.0 Å². The van der Waals surface area contributed by atoms with Crippen LogP contribution in [-0.4, -0.2) is 28.7 Å². The smallest absolute Gasteiger partial charge is 0.305 e. The van der Waals surface area contributed by atoms with Gasteiger partial charge >= 0.3 is 5.97 Å². The molecule has 0 rings (SSSR count). The fourth-order valence-corrected chi connectivity index (χ4v) is 0.0956. The minimum Gasteiger partial charge on any atom is -0.481 e. The number of nitrogens with two attached hydrogens (primary N) is 2. The second kappa shape index (κ2) is 8.66. The Kier molecular flexibility index (Phi) is 9.72. The van der Waals surface area contributed by atoms with E-state index in [2.05, 4.69) is 11.6 Å². The molecule has 0 aliphatic carbocycles. The van der Waals surface area contributed by atoms with Gasteiger partial charge in [0.15, 0.2) is 5.96 Å². The molecule has 0 atom stereocenters. The van der Waals surface area contributed by atoms with E-state index in [9.17, 15) is 4.79 Å². The Hall–Kier alpha value is -1.34. The Balaban J connectivity index is 0. The van der Waals surface area contributed by atoms with Crippen molar-refractivity contribution in [1.29, 1.82) is 5.41 Å². The SMILES string of the molecule is N=C(N)NN.O=C(O)CCO. The Bertz CT molecular complexity index is 127. The molecule has 0 saturated carbocycles. The number of aliphatic carboxylic acids is 1. The lowest BCUT2D eigenvalue weighted by Crippen LogP contribution is -2.35. The Labute approximate surface area is 63.5 Å². The fraction of sp³-hybridized carbons (Fsp3) is 0.500. The summed E-state index contributed by atoms with van der Waals surface area (Å²) in [6, 6.07) is 0. The van der Waals surface area contributed by atoms with Crippen molar-refractivity contribution in [2.45, 2.75) is 6.42 Å². The van der Waals surface area contributed by atoms with E-state index in [1.165, 1.54) is 0 Å². The van der Waals surface area contributed by atoms with E-state index < -0.39 is 5.97 Å². The minimum absolute atomic E-state index is 0.153. The number of hydrogen-bond acceptors (Lipinski definition) is 4. The molecule has 0 fully saturated rings. The number of hydrogen-bond donors (Lipinski definition) is 6. The van der Waals surface area contributed by atoms with Crippen molar-refractivity contribution in [2.75, 3.05) is 6.61 Å². The van der Waals surface area contributed by atoms with Crippen LogP contribution >= 0.6 is 0 Å². The third-order valence-electron chi connectivity index (χ3n) is 0.481. The molecule has 0 heterocycles. The largest absolute Gasteiger partial charge is 0.481 e. The summed E-state index contributed by atoms with van der Waals surface area (Å²) in [5.74, 6) is 3.39. The molecule has 7 nitrogen and oxygen atoms in total. The zero-order valence-electron chi connectivity index (χ0n) is 5.87. The molecule has 0 aliphatic heterocycles. The minimum atomic E-state index is -0.961. The van der Waals surface area contributed by atoms with Gasteiger partial charge < -0.3 is 15.9 Å². The van der Waals surface area contributed by atoms with E-state index in [-0.39, 0.29) is 19.0 Å². The van der Waals surface area contributed by atoms with E-state index in [1.54, 1.807) is 0 Å². The average molecular weight is 164 g/mol. The van der Waals surface area contributed by atoms with E-state index in [4.69, 9.17) is 15.6 Å². The highest BCUT2D eigenvalue weighted by Crippen LogP contribution is 1.70. The summed E-state index contributed by atoms with van der Waals surface area (Å²) in [6.07, 6.45) is -0.153. The van der Waals surface area contributed by atoms with Crippen LogP contribution in [0, 0.1) is 5.41 Å². The zero-order chi connectivity index (χ0) is 9.28. The van der Waals surface area contributed by atoms with Crippen LogP contribution in [0.1, 0.15) is 6.42 Å². The van der Waals surface area contributed by atoms with Crippen molar-refractivity contribution in [3.05, 3.63) is 0 Å². The van der Waals surface area contributed by atoms with Crippen LogP contribution in [-0.2, 0) is 4.79 Å². The summed E-state index contributed by atoms with van der Waals surface area (Å²) in [7, 11) is 0. The highest BCUT2D eigenvalue weighted by molar-refractivity contribution is 5.73. The molecule has 0 radical (unpaired) electrons. The molecular weight excluding hydrogens is 152 g/mol. The van der Waals surface area contributed by atoms with Gasteiger partial charge in [0.2, 0.25) is 0 Å². The van der Waals surface area contributed by atoms with Crippen LogP contribution in [0.5, 0.6) is 0 Å². The van der Waals surface area contributed by atoms with Crippen molar-refractivity contribution >= 4 is 11.9 Å². The number of rotatable bonds is 2. The average Bonchev–Trinajstić information content (AvgIpc) is 1.89. The topological polar surface area (TPSA) is 145 Å². The number of aliphatic hydroxyl groups is 1. The molecule has 0 bridgehead atoms. The van der Waals surface area contributed by atoms with Gasteiger partial charge in [-0.25, -0.2) is 5.84 Å². The van der Waals surface area contributed by atoms with Gasteiger partial charge in [0, 0.05) is 0 Å². The van der Waals surface area contributed by atoms with Crippen LogP contribution in [0.15, 0.2) is 0 Å². The molecule has 0 spiro atoms. The van der Waals surface area contributed by atoms with Crippen LogP contribution in [0.3, 0.4) is 0 Å². The van der Waals surface area contributed by atoms with Gasteiger partial charge in [-0.1, -0.05) is 0 Å². The highest BCUT2D eigenvalue weighted by Gasteiger charge is 1.88. The van der Waals surface area contributed by atoms with Crippen molar-refractivity contribution < 1.29 is 15.0 Å². The first-order valence-electron chi connectivity index (χ1n) is 2.67. The lowest BCUT2D eigenvalue weighted by Gasteiger charge is -1.85. The molecule has 7 heteroatoms. The molecule has 0 aromatic carbocycles. The van der Waals surface area contributed by atoms with E-state index in [0.29, 0.717) is 0 Å². The normalized spacial score (nSPS) is 7.45. The number of aliphatic hydroxyl groups excluding tert-OH is 1. The fourth-order valence-electron chi connectivity index (χ4n) is 0.0956.